The molecule has 0 radical (unpaired) electrons. The van der Waals surface area contributed by atoms with Gasteiger partial charge in [-0.25, -0.2) is 13.1 Å². The van der Waals surface area contributed by atoms with Crippen molar-refractivity contribution in [3.05, 3.63) is 23.3 Å². The lowest BCUT2D eigenvalue weighted by atomic mass is 10.1. The van der Waals surface area contributed by atoms with Crippen molar-refractivity contribution in [2.75, 3.05) is 20.2 Å². The Hall–Kier alpha value is -1.11. The largest absolute Gasteiger partial charge is 0.497 e. The zero-order valence-corrected chi connectivity index (χ0v) is 12.8. The molecule has 2 unspecified atom stereocenters. The van der Waals surface area contributed by atoms with E-state index in [1.54, 1.807) is 33.1 Å². The number of methoxy groups -OCH3 is 1. The molecule has 1 aromatic carbocycles. The van der Waals surface area contributed by atoms with Crippen LogP contribution < -0.4 is 14.8 Å². The van der Waals surface area contributed by atoms with Crippen LogP contribution in [0.5, 0.6) is 5.75 Å². The fraction of sp³-hybridized carbons (Fsp3) is 0.571. The summed E-state index contributed by atoms with van der Waals surface area (Å²) in [5, 5.41) is 3.26. The van der Waals surface area contributed by atoms with E-state index in [9.17, 15) is 8.42 Å². The van der Waals surface area contributed by atoms with Crippen molar-refractivity contribution in [3.8, 4) is 5.75 Å². The zero-order chi connectivity index (χ0) is 14.5. The molecule has 5 nitrogen and oxygen atoms in total. The Balaban J connectivity index is 1.88. The Morgan fingerprint density at radius 2 is 1.75 bits per heavy atom. The Morgan fingerprint density at radius 3 is 2.25 bits per heavy atom. The van der Waals surface area contributed by atoms with Gasteiger partial charge in [0, 0.05) is 6.04 Å². The van der Waals surface area contributed by atoms with E-state index < -0.39 is 10.0 Å². The van der Waals surface area contributed by atoms with Crippen LogP contribution in [0.25, 0.3) is 0 Å². The van der Waals surface area contributed by atoms with Gasteiger partial charge in [-0.1, -0.05) is 0 Å². The van der Waals surface area contributed by atoms with Crippen LogP contribution in [0.2, 0.25) is 0 Å². The molecule has 2 fully saturated rings. The summed E-state index contributed by atoms with van der Waals surface area (Å²) in [6, 6.07) is 3.62. The number of aryl methyl sites for hydroxylation is 2. The van der Waals surface area contributed by atoms with Gasteiger partial charge in [0.15, 0.2) is 0 Å². The van der Waals surface area contributed by atoms with Crippen molar-refractivity contribution in [2.45, 2.75) is 24.8 Å². The Labute approximate surface area is 119 Å². The zero-order valence-electron chi connectivity index (χ0n) is 11.9. The number of nitrogens with one attached hydrogen (secondary N) is 2. The molecule has 3 rings (SSSR count). The van der Waals surface area contributed by atoms with E-state index in [0.29, 0.717) is 22.5 Å². The number of sulfonamides is 1. The average molecular weight is 296 g/mol. The summed E-state index contributed by atoms with van der Waals surface area (Å²) >= 11 is 0. The number of piperidine rings is 1. The first-order chi connectivity index (χ1) is 9.44. The van der Waals surface area contributed by atoms with Gasteiger partial charge in [-0.15, -0.1) is 0 Å². The van der Waals surface area contributed by atoms with Crippen LogP contribution in [0.4, 0.5) is 0 Å². The van der Waals surface area contributed by atoms with Crippen LogP contribution >= 0.6 is 0 Å². The minimum absolute atomic E-state index is 0.0992. The number of rotatable bonds is 4. The van der Waals surface area contributed by atoms with Gasteiger partial charge in [-0.2, -0.15) is 0 Å². The van der Waals surface area contributed by atoms with E-state index in [4.69, 9.17) is 4.74 Å². The summed E-state index contributed by atoms with van der Waals surface area (Å²) in [5.41, 5.74) is 1.44. The third-order valence-electron chi connectivity index (χ3n) is 4.32. The highest BCUT2D eigenvalue weighted by molar-refractivity contribution is 7.89. The van der Waals surface area contributed by atoms with Crippen molar-refractivity contribution in [1.82, 2.24) is 10.0 Å². The normalized spacial score (nSPS) is 28.2. The monoisotopic (exact) mass is 296 g/mol. The van der Waals surface area contributed by atoms with Crippen LogP contribution in [0.3, 0.4) is 0 Å². The van der Waals surface area contributed by atoms with Gasteiger partial charge in [-0.3, -0.25) is 0 Å². The van der Waals surface area contributed by atoms with Crippen molar-refractivity contribution >= 4 is 10.0 Å². The molecule has 2 N–H and O–H groups in total. The lowest BCUT2D eigenvalue weighted by molar-refractivity contribution is 0.413. The summed E-state index contributed by atoms with van der Waals surface area (Å²) in [4.78, 5) is 0.385. The molecular weight excluding hydrogens is 276 g/mol. The molecular formula is C14H20N2O3S. The second kappa shape index (κ2) is 4.72. The minimum atomic E-state index is -3.46. The molecule has 1 aromatic rings. The molecule has 1 saturated carbocycles. The maximum atomic E-state index is 12.6. The van der Waals surface area contributed by atoms with Crippen molar-refractivity contribution in [3.63, 3.8) is 0 Å². The number of ether oxygens (including phenoxy) is 1. The highest BCUT2D eigenvalue weighted by atomic mass is 32.2. The lowest BCUT2D eigenvalue weighted by Gasteiger charge is -2.14. The third kappa shape index (κ3) is 2.21. The molecule has 20 heavy (non-hydrogen) atoms. The summed E-state index contributed by atoms with van der Waals surface area (Å²) < 4.78 is 33.2. The van der Waals surface area contributed by atoms with Crippen LogP contribution in [-0.4, -0.2) is 34.7 Å². The minimum Gasteiger partial charge on any atom is -0.497 e. The van der Waals surface area contributed by atoms with E-state index in [1.807, 2.05) is 0 Å². The predicted octanol–water partition coefficient (Wildman–Crippen LogP) is 0.808. The second-order valence-corrected chi connectivity index (χ2v) is 7.37. The van der Waals surface area contributed by atoms with Gasteiger partial charge in [0.25, 0.3) is 0 Å². The first-order valence-electron chi connectivity index (χ1n) is 6.82. The van der Waals surface area contributed by atoms with Crippen LogP contribution in [0.15, 0.2) is 17.0 Å². The quantitative estimate of drug-likeness (QED) is 0.863. The fourth-order valence-corrected chi connectivity index (χ4v) is 5.07. The van der Waals surface area contributed by atoms with E-state index in [-0.39, 0.29) is 6.04 Å². The van der Waals surface area contributed by atoms with E-state index >= 15 is 0 Å². The molecule has 0 amide bonds. The molecule has 1 aliphatic carbocycles. The van der Waals surface area contributed by atoms with Crippen LogP contribution in [0, 0.1) is 25.7 Å². The maximum absolute atomic E-state index is 12.6. The van der Waals surface area contributed by atoms with Crippen molar-refractivity contribution < 1.29 is 13.2 Å². The topological polar surface area (TPSA) is 67.4 Å². The van der Waals surface area contributed by atoms with Gasteiger partial charge < -0.3 is 10.1 Å². The molecule has 0 bridgehead atoms. The maximum Gasteiger partial charge on any atom is 0.241 e. The third-order valence-corrected chi connectivity index (χ3v) is 6.09. The van der Waals surface area contributed by atoms with Crippen LogP contribution in [0.1, 0.15) is 11.1 Å². The van der Waals surface area contributed by atoms with E-state index in [1.165, 1.54) is 0 Å². The molecule has 1 saturated heterocycles. The van der Waals surface area contributed by atoms with E-state index in [0.717, 1.165) is 24.2 Å². The first kappa shape index (κ1) is 13.9. The van der Waals surface area contributed by atoms with Gasteiger partial charge in [0.05, 0.1) is 12.0 Å². The highest BCUT2D eigenvalue weighted by Crippen LogP contribution is 2.42. The van der Waals surface area contributed by atoms with E-state index in [2.05, 4.69) is 10.0 Å². The molecule has 1 heterocycles. The number of benzene rings is 1. The number of hydrogen-bond donors (Lipinski definition) is 2. The predicted molar refractivity (Wildman–Crippen MR) is 76.4 cm³/mol. The van der Waals surface area contributed by atoms with Gasteiger partial charge in [-0.05, 0) is 62.0 Å². The van der Waals surface area contributed by atoms with Gasteiger partial charge in [0.2, 0.25) is 10.0 Å². The summed E-state index contributed by atoms with van der Waals surface area (Å²) in [6.07, 6.45) is 0. The Bertz CT molecular complexity index is 609. The Kier molecular flexibility index (Phi) is 3.27. The smallest absolute Gasteiger partial charge is 0.241 e. The molecule has 1 aliphatic heterocycles. The van der Waals surface area contributed by atoms with Crippen molar-refractivity contribution in [1.29, 1.82) is 0 Å². The number of hydrogen-bond acceptors (Lipinski definition) is 4. The average Bonchev–Trinajstić information content (AvgIpc) is 2.82. The van der Waals surface area contributed by atoms with Crippen molar-refractivity contribution in [2.24, 2.45) is 11.8 Å². The van der Waals surface area contributed by atoms with Crippen LogP contribution in [-0.2, 0) is 10.0 Å². The molecule has 0 aromatic heterocycles. The fourth-order valence-electron chi connectivity index (χ4n) is 3.28. The lowest BCUT2D eigenvalue weighted by Crippen LogP contribution is -2.33. The Morgan fingerprint density at radius 1 is 1.20 bits per heavy atom. The summed E-state index contributed by atoms with van der Waals surface area (Å²) in [5.74, 6) is 1.61. The molecule has 2 aliphatic rings. The molecule has 110 valence electrons. The highest BCUT2D eigenvalue weighted by Gasteiger charge is 2.54. The summed E-state index contributed by atoms with van der Waals surface area (Å²) in [7, 11) is -1.88. The molecule has 2 atom stereocenters. The SMILES string of the molecule is COc1cc(C)c(S(=O)(=O)NC2C3CNCC32)c(C)c1. The molecule has 0 spiro atoms. The second-order valence-electron chi connectivity index (χ2n) is 5.72. The standard InChI is InChI=1S/C14H20N2O3S/c1-8-4-10(19-3)5-9(2)14(8)20(17,18)16-13-11-6-15-7-12(11)13/h4-5,11-13,15-16H,6-7H2,1-3H3. The van der Waals surface area contributed by atoms with Gasteiger partial charge in [0.1, 0.15) is 5.75 Å². The summed E-state index contributed by atoms with van der Waals surface area (Å²) in [6.45, 7) is 5.44. The van der Waals surface area contributed by atoms with Gasteiger partial charge >= 0.3 is 0 Å². The first-order valence-corrected chi connectivity index (χ1v) is 8.30. The number of fused-ring (bicyclic) bond motifs is 1. The molecule has 6 heteroatoms.